The average Bonchev–Trinajstić information content (AvgIpc) is 2.41. The molecule has 1 N–H and O–H groups in total. The molecular formula is C18H29N. The highest BCUT2D eigenvalue weighted by molar-refractivity contribution is 5.31. The lowest BCUT2D eigenvalue weighted by atomic mass is 9.51. The number of hydrogen-bond donors (Lipinski definition) is 1. The summed E-state index contributed by atoms with van der Waals surface area (Å²) >= 11 is 0. The van der Waals surface area contributed by atoms with Crippen molar-refractivity contribution in [3.63, 3.8) is 0 Å². The Labute approximate surface area is 118 Å². The quantitative estimate of drug-likeness (QED) is 0.783. The van der Waals surface area contributed by atoms with Gasteiger partial charge in [0.15, 0.2) is 0 Å². The average molecular weight is 259 g/mol. The van der Waals surface area contributed by atoms with Crippen LogP contribution in [0.5, 0.6) is 0 Å². The molecule has 2 unspecified atom stereocenters. The zero-order chi connectivity index (χ0) is 13.9. The van der Waals surface area contributed by atoms with Gasteiger partial charge in [0.25, 0.3) is 0 Å². The van der Waals surface area contributed by atoms with Gasteiger partial charge in [0.2, 0.25) is 0 Å². The molecular weight excluding hydrogens is 230 g/mol. The zero-order valence-electron chi connectivity index (χ0n) is 13.0. The van der Waals surface area contributed by atoms with Crippen molar-refractivity contribution in [1.82, 2.24) is 5.32 Å². The van der Waals surface area contributed by atoms with Gasteiger partial charge < -0.3 is 5.32 Å². The Morgan fingerprint density at radius 1 is 1.11 bits per heavy atom. The Kier molecular flexibility index (Phi) is 4.67. The molecule has 1 heteroatoms. The van der Waals surface area contributed by atoms with Crippen LogP contribution in [0.15, 0.2) is 24.3 Å². The van der Waals surface area contributed by atoms with Crippen molar-refractivity contribution < 1.29 is 0 Å². The van der Waals surface area contributed by atoms with Crippen LogP contribution in [0.25, 0.3) is 0 Å². The van der Waals surface area contributed by atoms with Gasteiger partial charge in [-0.1, -0.05) is 50.6 Å². The van der Waals surface area contributed by atoms with Crippen LogP contribution in [-0.4, -0.2) is 12.6 Å². The smallest absolute Gasteiger partial charge is 0.0135 e. The molecule has 1 fully saturated rings. The van der Waals surface area contributed by atoms with E-state index in [1.807, 2.05) is 0 Å². The Bertz CT molecular complexity index is 389. The number of nitrogens with one attached hydrogen (secondary N) is 1. The predicted octanol–water partition coefficient (Wildman–Crippen LogP) is 4.66. The van der Waals surface area contributed by atoms with Gasteiger partial charge in [-0.2, -0.15) is 0 Å². The highest BCUT2D eigenvalue weighted by atomic mass is 15.0. The minimum absolute atomic E-state index is 0.477. The SMILES string of the molecule is CCCNC1CC(c2ccc(C)cc2)C1(CC)CC. The molecule has 1 aromatic carbocycles. The summed E-state index contributed by atoms with van der Waals surface area (Å²) in [7, 11) is 0. The number of benzene rings is 1. The lowest BCUT2D eigenvalue weighted by Gasteiger charge is -2.57. The summed E-state index contributed by atoms with van der Waals surface area (Å²) in [6.45, 7) is 10.3. The Morgan fingerprint density at radius 2 is 1.74 bits per heavy atom. The summed E-state index contributed by atoms with van der Waals surface area (Å²) in [5.41, 5.74) is 3.39. The molecule has 0 spiro atoms. The maximum atomic E-state index is 3.77. The first-order valence-electron chi connectivity index (χ1n) is 7.97. The molecule has 1 saturated carbocycles. The third-order valence-corrected chi connectivity index (χ3v) is 5.30. The van der Waals surface area contributed by atoms with Crippen molar-refractivity contribution in [3.05, 3.63) is 35.4 Å². The van der Waals surface area contributed by atoms with Crippen molar-refractivity contribution in [3.8, 4) is 0 Å². The van der Waals surface area contributed by atoms with Crippen molar-refractivity contribution in [1.29, 1.82) is 0 Å². The highest BCUT2D eigenvalue weighted by Crippen LogP contribution is 2.57. The topological polar surface area (TPSA) is 12.0 Å². The van der Waals surface area contributed by atoms with Crippen LogP contribution in [0.1, 0.15) is 63.5 Å². The van der Waals surface area contributed by atoms with Crippen LogP contribution in [-0.2, 0) is 0 Å². The van der Waals surface area contributed by atoms with E-state index in [4.69, 9.17) is 0 Å². The van der Waals surface area contributed by atoms with Crippen molar-refractivity contribution in [2.45, 2.75) is 65.3 Å². The van der Waals surface area contributed by atoms with E-state index in [1.54, 1.807) is 5.56 Å². The second-order valence-electron chi connectivity index (χ2n) is 6.15. The summed E-state index contributed by atoms with van der Waals surface area (Å²) in [4.78, 5) is 0. The van der Waals surface area contributed by atoms with Crippen LogP contribution >= 0.6 is 0 Å². The molecule has 106 valence electrons. The van der Waals surface area contributed by atoms with Gasteiger partial charge in [-0.05, 0) is 56.0 Å². The Morgan fingerprint density at radius 3 is 2.26 bits per heavy atom. The van der Waals surface area contributed by atoms with Gasteiger partial charge in [-0.25, -0.2) is 0 Å². The maximum absolute atomic E-state index is 3.77. The molecule has 1 aromatic rings. The first kappa shape index (κ1) is 14.6. The molecule has 2 rings (SSSR count). The highest BCUT2D eigenvalue weighted by Gasteiger charge is 2.52. The van der Waals surface area contributed by atoms with E-state index < -0.39 is 0 Å². The van der Waals surface area contributed by atoms with E-state index in [0.717, 1.165) is 12.5 Å². The number of hydrogen-bond acceptors (Lipinski definition) is 1. The molecule has 0 bridgehead atoms. The van der Waals surface area contributed by atoms with E-state index in [9.17, 15) is 0 Å². The molecule has 1 aliphatic rings. The summed E-state index contributed by atoms with van der Waals surface area (Å²) in [5, 5.41) is 3.77. The monoisotopic (exact) mass is 259 g/mol. The fraction of sp³-hybridized carbons (Fsp3) is 0.667. The molecule has 1 aliphatic carbocycles. The molecule has 1 nitrogen and oxygen atoms in total. The summed E-state index contributed by atoms with van der Waals surface area (Å²) in [6.07, 6.45) is 5.10. The van der Waals surface area contributed by atoms with Gasteiger partial charge in [-0.3, -0.25) is 0 Å². The van der Waals surface area contributed by atoms with Gasteiger partial charge in [0, 0.05) is 6.04 Å². The van der Waals surface area contributed by atoms with E-state index in [-0.39, 0.29) is 0 Å². The molecule has 0 radical (unpaired) electrons. The maximum Gasteiger partial charge on any atom is 0.0135 e. The molecule has 2 atom stereocenters. The molecule has 0 saturated heterocycles. The third kappa shape index (κ3) is 2.58. The molecule has 0 aliphatic heterocycles. The standard InChI is InChI=1S/C18H29N/c1-5-12-19-17-13-16(18(17,6-2)7-3)15-10-8-14(4)9-11-15/h8-11,16-17,19H,5-7,12-13H2,1-4H3. The van der Waals surface area contributed by atoms with Crippen molar-refractivity contribution in [2.24, 2.45) is 5.41 Å². The van der Waals surface area contributed by atoms with Gasteiger partial charge in [0.1, 0.15) is 0 Å². The Hall–Kier alpha value is -0.820. The van der Waals surface area contributed by atoms with E-state index >= 15 is 0 Å². The van der Waals surface area contributed by atoms with E-state index in [1.165, 1.54) is 31.2 Å². The van der Waals surface area contributed by atoms with Crippen LogP contribution in [0, 0.1) is 12.3 Å². The van der Waals surface area contributed by atoms with E-state index in [2.05, 4.69) is 57.3 Å². The minimum atomic E-state index is 0.477. The summed E-state index contributed by atoms with van der Waals surface area (Å²) in [6, 6.07) is 9.93. The number of aryl methyl sites for hydroxylation is 1. The van der Waals surface area contributed by atoms with Crippen molar-refractivity contribution >= 4 is 0 Å². The third-order valence-electron chi connectivity index (χ3n) is 5.30. The van der Waals surface area contributed by atoms with Gasteiger partial charge >= 0.3 is 0 Å². The second-order valence-corrected chi connectivity index (χ2v) is 6.15. The van der Waals surface area contributed by atoms with Crippen LogP contribution < -0.4 is 5.32 Å². The summed E-state index contributed by atoms with van der Waals surface area (Å²) in [5.74, 6) is 0.748. The number of rotatable bonds is 6. The fourth-order valence-corrected chi connectivity index (χ4v) is 3.90. The first-order chi connectivity index (χ1) is 9.17. The zero-order valence-corrected chi connectivity index (χ0v) is 13.0. The fourth-order valence-electron chi connectivity index (χ4n) is 3.90. The van der Waals surface area contributed by atoms with Crippen LogP contribution in [0.4, 0.5) is 0 Å². The largest absolute Gasteiger partial charge is 0.313 e. The normalized spacial score (nSPS) is 25.1. The molecule has 19 heavy (non-hydrogen) atoms. The summed E-state index contributed by atoms with van der Waals surface area (Å²) < 4.78 is 0. The lowest BCUT2D eigenvalue weighted by molar-refractivity contribution is 0.0202. The first-order valence-corrected chi connectivity index (χ1v) is 7.97. The minimum Gasteiger partial charge on any atom is -0.313 e. The van der Waals surface area contributed by atoms with Crippen LogP contribution in [0.3, 0.4) is 0 Å². The van der Waals surface area contributed by atoms with Gasteiger partial charge in [-0.15, -0.1) is 0 Å². The molecule has 0 heterocycles. The Balaban J connectivity index is 2.16. The predicted molar refractivity (Wildman–Crippen MR) is 83.6 cm³/mol. The molecule has 0 aromatic heterocycles. The lowest BCUT2D eigenvalue weighted by Crippen LogP contribution is -2.58. The van der Waals surface area contributed by atoms with Gasteiger partial charge in [0.05, 0.1) is 0 Å². The second kappa shape index (κ2) is 6.09. The molecule has 0 amide bonds. The van der Waals surface area contributed by atoms with Crippen LogP contribution in [0.2, 0.25) is 0 Å². The van der Waals surface area contributed by atoms with E-state index in [0.29, 0.717) is 11.5 Å². The van der Waals surface area contributed by atoms with Crippen molar-refractivity contribution in [2.75, 3.05) is 6.54 Å².